The number of aryl methyl sites for hydroxylation is 1. The largest absolute Gasteiger partial charge is 0.354 e. The summed E-state index contributed by atoms with van der Waals surface area (Å²) >= 11 is 0. The highest BCUT2D eigenvalue weighted by atomic mass is 19.1. The number of hydrogen-bond acceptors (Lipinski definition) is 4. The molecule has 0 radical (unpaired) electrons. The number of carbonyl (C=O) groups excluding carboxylic acids is 1. The number of rotatable bonds is 6. The smallest absolute Gasteiger partial charge is 0.245 e. The van der Waals surface area contributed by atoms with Gasteiger partial charge in [0.2, 0.25) is 5.91 Å². The maximum absolute atomic E-state index is 13.3. The highest BCUT2D eigenvalue weighted by Crippen LogP contribution is 2.16. The minimum absolute atomic E-state index is 0.173. The van der Waals surface area contributed by atoms with Crippen molar-refractivity contribution >= 4 is 5.91 Å². The van der Waals surface area contributed by atoms with Gasteiger partial charge in [0.05, 0.1) is 0 Å². The number of amides is 1. The quantitative estimate of drug-likeness (QED) is 0.881. The molecule has 6 nitrogen and oxygen atoms in total. The van der Waals surface area contributed by atoms with Crippen molar-refractivity contribution in [2.24, 2.45) is 5.92 Å². The van der Waals surface area contributed by atoms with Crippen molar-refractivity contribution in [3.63, 3.8) is 0 Å². The van der Waals surface area contributed by atoms with E-state index in [4.69, 9.17) is 0 Å². The molecular formula is C15H20FN5O. The van der Waals surface area contributed by atoms with E-state index in [1.165, 1.54) is 16.8 Å². The Hall–Kier alpha value is -2.31. The van der Waals surface area contributed by atoms with Crippen LogP contribution < -0.4 is 5.32 Å². The highest BCUT2D eigenvalue weighted by Gasteiger charge is 2.24. The van der Waals surface area contributed by atoms with Crippen molar-refractivity contribution < 1.29 is 9.18 Å². The number of benzene rings is 1. The molecule has 1 atom stereocenters. The summed E-state index contributed by atoms with van der Waals surface area (Å²) in [5.74, 6) is 0.385. The number of nitrogens with one attached hydrogen (secondary N) is 1. The molecule has 0 aliphatic carbocycles. The average molecular weight is 305 g/mol. The number of carbonyl (C=O) groups is 1. The van der Waals surface area contributed by atoms with Gasteiger partial charge in [-0.2, -0.15) is 0 Å². The molecule has 0 saturated carbocycles. The van der Waals surface area contributed by atoms with Gasteiger partial charge in [-0.25, -0.2) is 9.07 Å². The van der Waals surface area contributed by atoms with Crippen molar-refractivity contribution in [2.75, 3.05) is 6.54 Å². The maximum Gasteiger partial charge on any atom is 0.245 e. The van der Waals surface area contributed by atoms with Crippen LogP contribution in [0.2, 0.25) is 0 Å². The Morgan fingerprint density at radius 1 is 1.41 bits per heavy atom. The van der Waals surface area contributed by atoms with Crippen LogP contribution in [0.4, 0.5) is 4.39 Å². The molecule has 1 amide bonds. The molecule has 7 heteroatoms. The van der Waals surface area contributed by atoms with E-state index in [0.717, 1.165) is 5.56 Å². The first-order valence-electron chi connectivity index (χ1n) is 7.24. The van der Waals surface area contributed by atoms with Crippen molar-refractivity contribution in [1.29, 1.82) is 0 Å². The Kier molecular flexibility index (Phi) is 5.19. The van der Waals surface area contributed by atoms with Crippen molar-refractivity contribution in [3.05, 3.63) is 41.5 Å². The molecule has 2 aromatic rings. The molecule has 0 aliphatic rings. The van der Waals surface area contributed by atoms with E-state index in [2.05, 4.69) is 20.8 Å². The normalized spacial score (nSPS) is 12.4. The molecule has 0 bridgehead atoms. The maximum atomic E-state index is 13.3. The van der Waals surface area contributed by atoms with E-state index >= 15 is 0 Å². The summed E-state index contributed by atoms with van der Waals surface area (Å²) in [7, 11) is 0. The molecule has 0 saturated heterocycles. The lowest BCUT2D eigenvalue weighted by Gasteiger charge is -2.18. The fraction of sp³-hybridized carbons (Fsp3) is 0.467. The molecule has 0 spiro atoms. The fourth-order valence-corrected chi connectivity index (χ4v) is 2.13. The van der Waals surface area contributed by atoms with Gasteiger partial charge in [0, 0.05) is 13.0 Å². The van der Waals surface area contributed by atoms with Crippen LogP contribution in [0.25, 0.3) is 0 Å². The first kappa shape index (κ1) is 16.1. The second-order valence-corrected chi connectivity index (χ2v) is 5.66. The molecule has 2 rings (SSSR count). The molecule has 1 aromatic carbocycles. The second kappa shape index (κ2) is 7.11. The number of halogens is 1. The van der Waals surface area contributed by atoms with Crippen LogP contribution in [0.1, 0.15) is 31.3 Å². The molecule has 1 heterocycles. The summed E-state index contributed by atoms with van der Waals surface area (Å²) < 4.78 is 14.8. The lowest BCUT2D eigenvalue weighted by atomic mass is 10.0. The highest BCUT2D eigenvalue weighted by molar-refractivity contribution is 5.80. The number of tetrazole rings is 1. The monoisotopic (exact) mass is 305 g/mol. The molecule has 0 aliphatic heterocycles. The minimum Gasteiger partial charge on any atom is -0.354 e. The molecule has 1 aromatic heterocycles. The fourth-order valence-electron chi connectivity index (χ4n) is 2.13. The zero-order valence-corrected chi connectivity index (χ0v) is 13.0. The molecule has 22 heavy (non-hydrogen) atoms. The molecule has 1 N–H and O–H groups in total. The Morgan fingerprint density at radius 3 is 2.77 bits per heavy atom. The van der Waals surface area contributed by atoms with Crippen LogP contribution >= 0.6 is 0 Å². The number of nitrogens with zero attached hydrogens (tertiary/aromatic N) is 4. The zero-order chi connectivity index (χ0) is 16.1. The van der Waals surface area contributed by atoms with Gasteiger partial charge < -0.3 is 5.32 Å². The number of hydrogen-bond donors (Lipinski definition) is 1. The van der Waals surface area contributed by atoms with E-state index in [1.54, 1.807) is 19.1 Å². The van der Waals surface area contributed by atoms with Gasteiger partial charge in [0.15, 0.2) is 0 Å². The van der Waals surface area contributed by atoms with Gasteiger partial charge in [-0.1, -0.05) is 26.0 Å². The van der Waals surface area contributed by atoms with Crippen molar-refractivity contribution in [3.8, 4) is 0 Å². The van der Waals surface area contributed by atoms with E-state index in [9.17, 15) is 9.18 Å². The Balaban J connectivity index is 2.22. The van der Waals surface area contributed by atoms with Crippen LogP contribution in [0, 0.1) is 18.7 Å². The van der Waals surface area contributed by atoms with Crippen molar-refractivity contribution in [1.82, 2.24) is 25.5 Å². The van der Waals surface area contributed by atoms with Crippen LogP contribution in [-0.2, 0) is 11.2 Å². The predicted octanol–water partition coefficient (Wildman–Crippen LogP) is 1.68. The van der Waals surface area contributed by atoms with Gasteiger partial charge in [-0.15, -0.1) is 5.10 Å². The summed E-state index contributed by atoms with van der Waals surface area (Å²) in [6.07, 6.45) is 0.327. The topological polar surface area (TPSA) is 72.7 Å². The zero-order valence-electron chi connectivity index (χ0n) is 13.0. The van der Waals surface area contributed by atoms with E-state index in [1.807, 2.05) is 13.8 Å². The van der Waals surface area contributed by atoms with E-state index in [-0.39, 0.29) is 11.7 Å². The van der Waals surface area contributed by atoms with Crippen LogP contribution in [-0.4, -0.2) is 32.7 Å². The van der Waals surface area contributed by atoms with E-state index < -0.39 is 6.04 Å². The van der Waals surface area contributed by atoms with Crippen LogP contribution in [0.3, 0.4) is 0 Å². The van der Waals surface area contributed by atoms with Gasteiger partial charge in [-0.3, -0.25) is 4.79 Å². The molecule has 0 unspecified atom stereocenters. The van der Waals surface area contributed by atoms with Crippen LogP contribution in [0.15, 0.2) is 24.3 Å². The molecule has 0 fully saturated rings. The average Bonchev–Trinajstić information content (AvgIpc) is 2.88. The standard InChI is InChI=1S/C15H20FN5O/c1-10(2)9-17-15(22)14(21-11(3)18-19-20-21)8-12-5-4-6-13(16)7-12/h4-7,10,14H,8-9H2,1-3H3,(H,17,22)/t14-/m0/s1. The van der Waals surface area contributed by atoms with Gasteiger partial charge in [-0.05, 0) is 41.0 Å². The summed E-state index contributed by atoms with van der Waals surface area (Å²) in [6, 6.07) is 5.60. The van der Waals surface area contributed by atoms with E-state index in [0.29, 0.717) is 24.7 Å². The van der Waals surface area contributed by atoms with Gasteiger partial charge in [0.1, 0.15) is 17.7 Å². The predicted molar refractivity (Wildman–Crippen MR) is 79.5 cm³/mol. The summed E-state index contributed by atoms with van der Waals surface area (Å²) in [5, 5.41) is 14.2. The third-order valence-electron chi connectivity index (χ3n) is 3.26. The Morgan fingerprint density at radius 2 is 2.18 bits per heavy atom. The summed E-state index contributed by atoms with van der Waals surface area (Å²) in [6.45, 7) is 6.34. The lowest BCUT2D eigenvalue weighted by molar-refractivity contribution is -0.124. The first-order chi connectivity index (χ1) is 10.5. The van der Waals surface area contributed by atoms with Gasteiger partial charge >= 0.3 is 0 Å². The van der Waals surface area contributed by atoms with Crippen molar-refractivity contribution in [2.45, 2.75) is 33.2 Å². The molecular weight excluding hydrogens is 285 g/mol. The lowest BCUT2D eigenvalue weighted by Crippen LogP contribution is -2.36. The Labute approximate surface area is 128 Å². The number of aromatic nitrogens is 4. The molecule has 118 valence electrons. The van der Waals surface area contributed by atoms with Crippen LogP contribution in [0.5, 0.6) is 0 Å². The minimum atomic E-state index is -0.601. The second-order valence-electron chi connectivity index (χ2n) is 5.66. The summed E-state index contributed by atoms with van der Waals surface area (Å²) in [4.78, 5) is 12.5. The SMILES string of the molecule is Cc1nnnn1[C@@H](Cc1cccc(F)c1)C(=O)NCC(C)C. The third-order valence-corrected chi connectivity index (χ3v) is 3.26. The van der Waals surface area contributed by atoms with Gasteiger partial charge in [0.25, 0.3) is 0 Å². The first-order valence-corrected chi connectivity index (χ1v) is 7.24. The Bertz CT molecular complexity index is 640. The summed E-state index contributed by atoms with van der Waals surface area (Å²) in [5.41, 5.74) is 0.722. The third kappa shape index (κ3) is 4.09.